The van der Waals surface area contributed by atoms with Gasteiger partial charge in [0.15, 0.2) is 0 Å². The topological polar surface area (TPSA) is 0 Å². The molecule has 130 valence electrons. The largest absolute Gasteiger partial charge is 0.0654 e. The molecule has 0 aromatic heterocycles. The van der Waals surface area contributed by atoms with Crippen molar-refractivity contribution in [3.63, 3.8) is 0 Å². The van der Waals surface area contributed by atoms with Gasteiger partial charge in [0.05, 0.1) is 0 Å². The van der Waals surface area contributed by atoms with E-state index in [9.17, 15) is 0 Å². The summed E-state index contributed by atoms with van der Waals surface area (Å²) in [6.45, 7) is 4.72. The fraction of sp³-hybridized carbons (Fsp3) is 0.231. The summed E-state index contributed by atoms with van der Waals surface area (Å²) in [6.07, 6.45) is 3.60. The van der Waals surface area contributed by atoms with Crippen LogP contribution in [0.1, 0.15) is 44.2 Å². The molecule has 0 N–H and O–H groups in total. The minimum Gasteiger partial charge on any atom is -0.0654 e. The highest BCUT2D eigenvalue weighted by Gasteiger charge is 2.31. The van der Waals surface area contributed by atoms with Crippen molar-refractivity contribution >= 4 is 21.5 Å². The summed E-state index contributed by atoms with van der Waals surface area (Å²) in [7, 11) is 0. The molecule has 4 aromatic carbocycles. The van der Waals surface area contributed by atoms with Gasteiger partial charge in [0.1, 0.15) is 0 Å². The van der Waals surface area contributed by atoms with Crippen LogP contribution in [0.25, 0.3) is 21.5 Å². The van der Waals surface area contributed by atoms with Gasteiger partial charge < -0.3 is 0 Å². The van der Waals surface area contributed by atoms with Gasteiger partial charge in [-0.2, -0.15) is 0 Å². The van der Waals surface area contributed by atoms with Crippen molar-refractivity contribution < 1.29 is 0 Å². The van der Waals surface area contributed by atoms with Gasteiger partial charge in [-0.15, -0.1) is 0 Å². The first-order chi connectivity index (χ1) is 12.7. The van der Waals surface area contributed by atoms with Crippen LogP contribution in [0, 0.1) is 0 Å². The first-order valence-corrected chi connectivity index (χ1v) is 9.70. The lowest BCUT2D eigenvalue weighted by molar-refractivity contribution is 0.500. The van der Waals surface area contributed by atoms with Crippen LogP contribution in [-0.2, 0) is 5.41 Å². The van der Waals surface area contributed by atoms with Gasteiger partial charge in [0.2, 0.25) is 0 Å². The van der Waals surface area contributed by atoms with E-state index in [2.05, 4.69) is 98.8 Å². The third-order valence-corrected chi connectivity index (χ3v) is 5.80. The molecule has 0 aliphatic heterocycles. The molecule has 4 aromatic rings. The lowest BCUT2D eigenvalue weighted by Crippen LogP contribution is -2.24. The highest BCUT2D eigenvalue weighted by atomic mass is 14.3. The van der Waals surface area contributed by atoms with Gasteiger partial charge in [-0.3, -0.25) is 0 Å². The fourth-order valence-corrected chi connectivity index (χ4v) is 4.36. The van der Waals surface area contributed by atoms with Crippen molar-refractivity contribution in [3.8, 4) is 0 Å². The minimum atomic E-state index is -0.00225. The predicted octanol–water partition coefficient (Wildman–Crippen LogP) is 7.49. The van der Waals surface area contributed by atoms with Crippen molar-refractivity contribution in [1.29, 1.82) is 0 Å². The quantitative estimate of drug-likeness (QED) is 0.353. The summed E-state index contributed by atoms with van der Waals surface area (Å²) in [5, 5.41) is 5.41. The van der Waals surface area contributed by atoms with Crippen LogP contribution >= 0.6 is 0 Å². The highest BCUT2D eigenvalue weighted by Crippen LogP contribution is 2.42. The molecule has 0 spiro atoms. The van der Waals surface area contributed by atoms with Crippen molar-refractivity contribution in [2.45, 2.75) is 38.5 Å². The summed E-state index contributed by atoms with van der Waals surface area (Å²) >= 11 is 0. The normalized spacial score (nSPS) is 11.9. The maximum atomic E-state index is 2.44. The Balaban J connectivity index is 2.02. The molecule has 0 atom stereocenters. The number of hydrogen-bond donors (Lipinski definition) is 0. The van der Waals surface area contributed by atoms with E-state index >= 15 is 0 Å². The van der Waals surface area contributed by atoms with Gasteiger partial charge in [0, 0.05) is 5.41 Å². The van der Waals surface area contributed by atoms with E-state index in [0.717, 1.165) is 6.42 Å². The summed E-state index contributed by atoms with van der Waals surface area (Å²) in [5.74, 6) is 0. The third kappa shape index (κ3) is 2.80. The zero-order valence-electron chi connectivity index (χ0n) is 15.7. The molecule has 0 saturated carbocycles. The third-order valence-electron chi connectivity index (χ3n) is 5.80. The Labute approximate surface area is 156 Å². The lowest BCUT2D eigenvalue weighted by atomic mass is 9.70. The van der Waals surface area contributed by atoms with E-state index in [1.165, 1.54) is 45.5 Å². The summed E-state index contributed by atoms with van der Waals surface area (Å²) in [6, 6.07) is 31.1. The van der Waals surface area contributed by atoms with Crippen LogP contribution in [0.5, 0.6) is 0 Å². The first-order valence-electron chi connectivity index (χ1n) is 9.70. The molecule has 0 unspecified atom stereocenters. The van der Waals surface area contributed by atoms with E-state index in [1.807, 2.05) is 0 Å². The number of rotatable bonds is 5. The fourth-order valence-electron chi connectivity index (χ4n) is 4.36. The Hall–Kier alpha value is -2.60. The van der Waals surface area contributed by atoms with Crippen LogP contribution in [-0.4, -0.2) is 0 Å². The molecule has 0 fully saturated rings. The van der Waals surface area contributed by atoms with Crippen LogP contribution in [0.2, 0.25) is 0 Å². The molecule has 0 heteroatoms. The average Bonchev–Trinajstić information content (AvgIpc) is 2.71. The predicted molar refractivity (Wildman–Crippen MR) is 114 cm³/mol. The van der Waals surface area contributed by atoms with E-state index in [1.54, 1.807) is 0 Å². The average molecular weight is 338 g/mol. The molecule has 0 heterocycles. The van der Waals surface area contributed by atoms with Crippen molar-refractivity contribution in [2.75, 3.05) is 0 Å². The lowest BCUT2D eigenvalue weighted by Gasteiger charge is -2.33. The molecule has 0 bridgehead atoms. The zero-order valence-corrected chi connectivity index (χ0v) is 15.7. The Morgan fingerprint density at radius 2 is 1.08 bits per heavy atom. The molecule has 0 aliphatic carbocycles. The van der Waals surface area contributed by atoms with E-state index in [0.29, 0.717) is 0 Å². The Kier molecular flexibility index (Phi) is 4.51. The molecular weight excluding hydrogens is 312 g/mol. The van der Waals surface area contributed by atoms with Gasteiger partial charge in [-0.25, -0.2) is 0 Å². The van der Waals surface area contributed by atoms with Gasteiger partial charge >= 0.3 is 0 Å². The van der Waals surface area contributed by atoms with Crippen molar-refractivity contribution in [1.82, 2.24) is 0 Å². The minimum absolute atomic E-state index is 0.00225. The van der Waals surface area contributed by atoms with Gasteiger partial charge in [-0.05, 0) is 39.1 Å². The molecule has 0 amide bonds. The maximum absolute atomic E-state index is 2.44. The van der Waals surface area contributed by atoms with Crippen molar-refractivity contribution in [3.05, 3.63) is 96.1 Å². The van der Waals surface area contributed by atoms with Crippen LogP contribution in [0.15, 0.2) is 84.9 Å². The second-order valence-corrected chi connectivity index (χ2v) is 7.49. The van der Waals surface area contributed by atoms with Crippen LogP contribution in [0.3, 0.4) is 0 Å². The van der Waals surface area contributed by atoms with Gasteiger partial charge in [-0.1, -0.05) is 112 Å². The Morgan fingerprint density at radius 3 is 1.58 bits per heavy atom. The number of unbranched alkanes of at least 4 members (excludes halogenated alkanes) is 1. The van der Waals surface area contributed by atoms with Crippen molar-refractivity contribution in [2.24, 2.45) is 0 Å². The zero-order chi connectivity index (χ0) is 18.0. The molecule has 26 heavy (non-hydrogen) atoms. The molecule has 0 nitrogen and oxygen atoms in total. The smallest absolute Gasteiger partial charge is 0.0187 e. The second kappa shape index (κ2) is 6.96. The second-order valence-electron chi connectivity index (χ2n) is 7.49. The number of hydrogen-bond acceptors (Lipinski definition) is 0. The van der Waals surface area contributed by atoms with Gasteiger partial charge in [0.25, 0.3) is 0 Å². The summed E-state index contributed by atoms with van der Waals surface area (Å²) in [4.78, 5) is 0. The number of fused-ring (bicyclic) bond motifs is 2. The molecule has 4 rings (SSSR count). The SMILES string of the molecule is CCCCC(C)(c1cccc2ccccc12)c1cccc2ccccc12. The Bertz CT molecular complexity index is 952. The van der Waals surface area contributed by atoms with Crippen LogP contribution < -0.4 is 0 Å². The summed E-state index contributed by atoms with van der Waals surface area (Å²) < 4.78 is 0. The Morgan fingerprint density at radius 1 is 0.615 bits per heavy atom. The maximum Gasteiger partial charge on any atom is 0.0187 e. The molecule has 0 saturated heterocycles. The summed E-state index contributed by atoms with van der Waals surface area (Å²) in [5.41, 5.74) is 2.89. The standard InChI is InChI=1S/C26H26/c1-3-4-19-26(2,24-17-9-13-20-11-5-7-15-22(20)24)25-18-10-14-21-12-6-8-16-23(21)25/h5-18H,3-4,19H2,1-2H3. The first kappa shape index (κ1) is 16.8. The number of benzene rings is 4. The van der Waals surface area contributed by atoms with E-state index in [4.69, 9.17) is 0 Å². The molecule has 0 aliphatic rings. The van der Waals surface area contributed by atoms with E-state index in [-0.39, 0.29) is 5.41 Å². The molecular formula is C26H26. The molecule has 0 radical (unpaired) electrons. The van der Waals surface area contributed by atoms with E-state index < -0.39 is 0 Å². The van der Waals surface area contributed by atoms with Crippen LogP contribution in [0.4, 0.5) is 0 Å². The monoisotopic (exact) mass is 338 g/mol. The highest BCUT2D eigenvalue weighted by molar-refractivity contribution is 5.91.